The highest BCUT2D eigenvalue weighted by molar-refractivity contribution is 7.99. The number of rotatable bonds is 8. The second-order valence-corrected chi connectivity index (χ2v) is 6.59. The lowest BCUT2D eigenvalue weighted by Crippen LogP contribution is -2.14. The molecule has 1 aromatic heterocycles. The van der Waals surface area contributed by atoms with Crippen molar-refractivity contribution in [2.24, 2.45) is 0 Å². The minimum atomic E-state index is -0.510. The lowest BCUT2D eigenvalue weighted by molar-refractivity contribution is -0.384. The van der Waals surface area contributed by atoms with Gasteiger partial charge in [-0.05, 0) is 18.2 Å². The molecule has 28 heavy (non-hydrogen) atoms. The van der Waals surface area contributed by atoms with E-state index in [4.69, 9.17) is 4.74 Å². The molecular formula is C18H17N5O4S. The summed E-state index contributed by atoms with van der Waals surface area (Å²) in [6.45, 7) is 0.280. The van der Waals surface area contributed by atoms with Gasteiger partial charge in [-0.1, -0.05) is 36.0 Å². The first-order chi connectivity index (χ1) is 13.6. The van der Waals surface area contributed by atoms with Gasteiger partial charge in [0, 0.05) is 30.6 Å². The number of methoxy groups -OCH3 is 1. The van der Waals surface area contributed by atoms with E-state index in [1.165, 1.54) is 30.0 Å². The van der Waals surface area contributed by atoms with Crippen molar-refractivity contribution in [1.29, 1.82) is 0 Å². The predicted octanol–water partition coefficient (Wildman–Crippen LogP) is 3.05. The van der Waals surface area contributed by atoms with E-state index in [0.717, 1.165) is 5.69 Å². The summed E-state index contributed by atoms with van der Waals surface area (Å²) >= 11 is 1.21. The number of nitrogens with zero attached hydrogens (tertiary/aromatic N) is 4. The summed E-state index contributed by atoms with van der Waals surface area (Å²) in [5.41, 5.74) is 1.14. The Morgan fingerprint density at radius 3 is 2.71 bits per heavy atom. The minimum absolute atomic E-state index is 0.0701. The minimum Gasteiger partial charge on any atom is -0.377 e. The molecule has 0 saturated heterocycles. The van der Waals surface area contributed by atoms with Crippen molar-refractivity contribution in [3.8, 4) is 5.69 Å². The average Bonchev–Trinajstić information content (AvgIpc) is 3.10. The summed E-state index contributed by atoms with van der Waals surface area (Å²) in [6.07, 6.45) is 0. The topological polar surface area (TPSA) is 112 Å². The average molecular weight is 399 g/mol. The molecule has 0 bridgehead atoms. The molecular weight excluding hydrogens is 382 g/mol. The first-order valence-electron chi connectivity index (χ1n) is 8.24. The lowest BCUT2D eigenvalue weighted by atomic mass is 10.3. The van der Waals surface area contributed by atoms with E-state index in [1.807, 2.05) is 34.9 Å². The highest BCUT2D eigenvalue weighted by Crippen LogP contribution is 2.23. The van der Waals surface area contributed by atoms with Crippen LogP contribution >= 0.6 is 11.8 Å². The molecule has 3 aromatic rings. The fourth-order valence-corrected chi connectivity index (χ4v) is 3.25. The number of amides is 1. The summed E-state index contributed by atoms with van der Waals surface area (Å²) in [6, 6.07) is 15.3. The zero-order chi connectivity index (χ0) is 19.9. The van der Waals surface area contributed by atoms with E-state index in [9.17, 15) is 14.9 Å². The van der Waals surface area contributed by atoms with E-state index < -0.39 is 4.92 Å². The number of nitrogens with one attached hydrogen (secondary N) is 1. The third-order valence-electron chi connectivity index (χ3n) is 3.66. The van der Waals surface area contributed by atoms with Crippen molar-refractivity contribution >= 4 is 29.0 Å². The highest BCUT2D eigenvalue weighted by Gasteiger charge is 2.16. The molecule has 0 aliphatic rings. The number of benzene rings is 2. The maximum atomic E-state index is 12.3. The second-order valence-electron chi connectivity index (χ2n) is 5.65. The van der Waals surface area contributed by atoms with Crippen LogP contribution in [-0.4, -0.2) is 38.5 Å². The van der Waals surface area contributed by atoms with Crippen molar-refractivity contribution in [2.45, 2.75) is 11.8 Å². The van der Waals surface area contributed by atoms with E-state index in [1.54, 1.807) is 13.2 Å². The van der Waals surface area contributed by atoms with Gasteiger partial charge >= 0.3 is 0 Å². The number of nitro benzene ring substituents is 1. The van der Waals surface area contributed by atoms with Gasteiger partial charge in [0.05, 0.1) is 10.7 Å². The quantitative estimate of drug-likeness (QED) is 0.352. The molecule has 0 unspecified atom stereocenters. The summed E-state index contributed by atoms with van der Waals surface area (Å²) in [7, 11) is 1.57. The first kappa shape index (κ1) is 19.5. The molecule has 0 atom stereocenters. The van der Waals surface area contributed by atoms with Crippen LogP contribution in [0.1, 0.15) is 5.82 Å². The largest absolute Gasteiger partial charge is 0.377 e. The number of aromatic nitrogens is 3. The molecule has 2 aromatic carbocycles. The fraction of sp³-hybridized carbons (Fsp3) is 0.167. The summed E-state index contributed by atoms with van der Waals surface area (Å²) < 4.78 is 7.00. The number of ether oxygens (including phenoxy) is 1. The van der Waals surface area contributed by atoms with Crippen LogP contribution in [0.4, 0.5) is 11.4 Å². The number of anilines is 1. The van der Waals surface area contributed by atoms with Gasteiger partial charge < -0.3 is 10.1 Å². The van der Waals surface area contributed by atoms with Crippen LogP contribution in [-0.2, 0) is 16.1 Å². The lowest BCUT2D eigenvalue weighted by Gasteiger charge is -2.10. The third-order valence-corrected chi connectivity index (χ3v) is 4.59. The molecule has 10 heteroatoms. The molecule has 0 spiro atoms. The summed E-state index contributed by atoms with van der Waals surface area (Å²) in [5.74, 6) is 0.386. The molecule has 144 valence electrons. The normalized spacial score (nSPS) is 10.6. The number of hydrogen-bond donors (Lipinski definition) is 1. The molecule has 9 nitrogen and oxygen atoms in total. The van der Waals surface area contributed by atoms with Crippen LogP contribution in [0, 0.1) is 10.1 Å². The van der Waals surface area contributed by atoms with E-state index in [0.29, 0.717) is 16.7 Å². The molecule has 0 saturated carbocycles. The number of non-ortho nitro benzene ring substituents is 1. The van der Waals surface area contributed by atoms with Crippen LogP contribution in [0.25, 0.3) is 5.69 Å². The smallest absolute Gasteiger partial charge is 0.271 e. The summed E-state index contributed by atoms with van der Waals surface area (Å²) in [4.78, 5) is 22.6. The Bertz CT molecular complexity index is 977. The molecule has 0 aliphatic carbocycles. The third kappa shape index (κ3) is 4.72. The standard InChI is InChI=1S/C18H17N5O4S/c1-27-11-16-20-21-18(22(16)14-7-3-2-4-8-14)28-12-17(24)19-13-6-5-9-15(10-13)23(25)26/h2-10H,11-12H2,1H3,(H,19,24). The number of nitro groups is 1. The Labute approximate surface area is 164 Å². The highest BCUT2D eigenvalue weighted by atomic mass is 32.2. The molecule has 0 fully saturated rings. The van der Waals surface area contributed by atoms with Crippen LogP contribution in [0.3, 0.4) is 0 Å². The van der Waals surface area contributed by atoms with Gasteiger partial charge in [-0.25, -0.2) is 0 Å². The molecule has 3 rings (SSSR count). The number of thioether (sulfide) groups is 1. The van der Waals surface area contributed by atoms with Gasteiger partial charge in [-0.2, -0.15) is 0 Å². The van der Waals surface area contributed by atoms with E-state index in [2.05, 4.69) is 15.5 Å². The second kappa shape index (κ2) is 9.11. The van der Waals surface area contributed by atoms with Gasteiger partial charge in [-0.15, -0.1) is 10.2 Å². The van der Waals surface area contributed by atoms with Crippen molar-refractivity contribution in [1.82, 2.24) is 14.8 Å². The van der Waals surface area contributed by atoms with Crippen molar-refractivity contribution in [3.63, 3.8) is 0 Å². The molecule has 1 N–H and O–H groups in total. The summed E-state index contributed by atoms with van der Waals surface area (Å²) in [5, 5.41) is 22.3. The maximum absolute atomic E-state index is 12.3. The Morgan fingerprint density at radius 2 is 2.00 bits per heavy atom. The maximum Gasteiger partial charge on any atom is 0.271 e. The first-order valence-corrected chi connectivity index (χ1v) is 9.23. The van der Waals surface area contributed by atoms with Crippen LogP contribution in [0.15, 0.2) is 59.8 Å². The van der Waals surface area contributed by atoms with E-state index in [-0.39, 0.29) is 24.0 Å². The van der Waals surface area contributed by atoms with Crippen LogP contribution in [0.2, 0.25) is 0 Å². The van der Waals surface area contributed by atoms with Gasteiger partial charge in [0.15, 0.2) is 11.0 Å². The van der Waals surface area contributed by atoms with Crippen molar-refractivity contribution in [2.75, 3.05) is 18.2 Å². The van der Waals surface area contributed by atoms with Crippen molar-refractivity contribution in [3.05, 3.63) is 70.5 Å². The molecule has 0 aliphatic heterocycles. The van der Waals surface area contributed by atoms with E-state index >= 15 is 0 Å². The number of hydrogen-bond acceptors (Lipinski definition) is 7. The Hall–Kier alpha value is -3.24. The zero-order valence-electron chi connectivity index (χ0n) is 14.9. The number of carbonyl (C=O) groups is 1. The molecule has 1 amide bonds. The molecule has 0 radical (unpaired) electrons. The fourth-order valence-electron chi connectivity index (χ4n) is 2.48. The molecule has 1 heterocycles. The number of para-hydroxylation sites is 1. The van der Waals surface area contributed by atoms with Gasteiger partial charge in [-0.3, -0.25) is 19.5 Å². The Kier molecular flexibility index (Phi) is 6.35. The van der Waals surface area contributed by atoms with Gasteiger partial charge in [0.1, 0.15) is 6.61 Å². The zero-order valence-corrected chi connectivity index (χ0v) is 15.8. The van der Waals surface area contributed by atoms with Crippen LogP contribution in [0.5, 0.6) is 0 Å². The van der Waals surface area contributed by atoms with Crippen LogP contribution < -0.4 is 5.32 Å². The Balaban J connectivity index is 1.71. The number of carbonyl (C=O) groups excluding carboxylic acids is 1. The van der Waals surface area contributed by atoms with Crippen molar-refractivity contribution < 1.29 is 14.5 Å². The van der Waals surface area contributed by atoms with Gasteiger partial charge in [0.2, 0.25) is 5.91 Å². The Morgan fingerprint density at radius 1 is 1.21 bits per heavy atom. The SMILES string of the molecule is COCc1nnc(SCC(=O)Nc2cccc([N+](=O)[O-])c2)n1-c1ccccc1. The van der Waals surface area contributed by atoms with Gasteiger partial charge in [0.25, 0.3) is 5.69 Å². The predicted molar refractivity (Wildman–Crippen MR) is 105 cm³/mol. The monoisotopic (exact) mass is 399 g/mol.